The lowest BCUT2D eigenvalue weighted by Gasteiger charge is -2.43. The summed E-state index contributed by atoms with van der Waals surface area (Å²) in [6.07, 6.45) is 4.99. The monoisotopic (exact) mass is 323 g/mol. The van der Waals surface area contributed by atoms with Crippen LogP contribution in [0.1, 0.15) is 56.6 Å². The highest BCUT2D eigenvalue weighted by atomic mass is 16.6. The van der Waals surface area contributed by atoms with Crippen LogP contribution in [0.2, 0.25) is 0 Å². The number of non-ortho nitro benzene ring substituents is 1. The van der Waals surface area contributed by atoms with Crippen molar-refractivity contribution < 1.29 is 4.92 Å². The van der Waals surface area contributed by atoms with E-state index in [1.54, 1.807) is 12.1 Å². The van der Waals surface area contributed by atoms with Gasteiger partial charge in [-0.1, -0.05) is 69.2 Å². The van der Waals surface area contributed by atoms with Crippen molar-refractivity contribution in [2.45, 2.75) is 50.9 Å². The van der Waals surface area contributed by atoms with Crippen LogP contribution in [0.25, 0.3) is 0 Å². The highest BCUT2D eigenvalue weighted by molar-refractivity contribution is 5.37. The first-order valence-electron chi connectivity index (χ1n) is 8.80. The van der Waals surface area contributed by atoms with Crippen LogP contribution in [-0.4, -0.2) is 4.92 Å². The Balaban J connectivity index is 1.92. The van der Waals surface area contributed by atoms with Crippen molar-refractivity contribution in [1.82, 2.24) is 0 Å². The minimum atomic E-state index is -0.329. The number of rotatable bonds is 4. The molecular weight excluding hydrogens is 298 g/mol. The molecule has 24 heavy (non-hydrogen) atoms. The van der Waals surface area contributed by atoms with Gasteiger partial charge in [0.25, 0.3) is 5.69 Å². The summed E-state index contributed by atoms with van der Waals surface area (Å²) in [6, 6.07) is 18.0. The minimum Gasteiger partial charge on any atom is -0.258 e. The molecule has 126 valence electrons. The Bertz CT molecular complexity index is 692. The van der Waals surface area contributed by atoms with Gasteiger partial charge in [0.15, 0.2) is 0 Å². The first-order valence-corrected chi connectivity index (χ1v) is 8.80. The van der Waals surface area contributed by atoms with Crippen LogP contribution in [0.5, 0.6) is 0 Å². The molecular formula is C21H25NO2. The number of nitrogens with zero attached hydrogens (tertiary/aromatic N) is 1. The van der Waals surface area contributed by atoms with Crippen molar-refractivity contribution in [2.75, 3.05) is 0 Å². The van der Waals surface area contributed by atoms with E-state index in [0.29, 0.717) is 11.8 Å². The molecule has 3 nitrogen and oxygen atoms in total. The summed E-state index contributed by atoms with van der Waals surface area (Å²) < 4.78 is 0. The van der Waals surface area contributed by atoms with Crippen LogP contribution < -0.4 is 0 Å². The number of hydrogen-bond acceptors (Lipinski definition) is 2. The Kier molecular flexibility index (Phi) is 4.70. The van der Waals surface area contributed by atoms with Gasteiger partial charge >= 0.3 is 0 Å². The van der Waals surface area contributed by atoms with E-state index in [1.807, 2.05) is 12.1 Å². The highest BCUT2D eigenvalue weighted by Gasteiger charge is 2.38. The van der Waals surface area contributed by atoms with Gasteiger partial charge in [-0.05, 0) is 41.2 Å². The van der Waals surface area contributed by atoms with E-state index in [0.717, 1.165) is 0 Å². The molecule has 2 aromatic carbocycles. The molecule has 1 fully saturated rings. The van der Waals surface area contributed by atoms with Crippen molar-refractivity contribution in [1.29, 1.82) is 0 Å². The van der Waals surface area contributed by atoms with Crippen LogP contribution in [-0.2, 0) is 5.41 Å². The van der Waals surface area contributed by atoms with Gasteiger partial charge < -0.3 is 0 Å². The quantitative estimate of drug-likeness (QED) is 0.523. The molecule has 1 aliphatic carbocycles. The molecule has 1 saturated carbocycles. The maximum Gasteiger partial charge on any atom is 0.269 e. The van der Waals surface area contributed by atoms with E-state index < -0.39 is 0 Å². The summed E-state index contributed by atoms with van der Waals surface area (Å²) in [4.78, 5) is 10.6. The third-order valence-corrected chi connectivity index (χ3v) is 5.74. The molecule has 0 N–H and O–H groups in total. The van der Waals surface area contributed by atoms with E-state index in [4.69, 9.17) is 0 Å². The maximum atomic E-state index is 10.9. The predicted octanol–water partition coefficient (Wildman–Crippen LogP) is 5.85. The number of hydrogen-bond donors (Lipinski definition) is 0. The molecule has 2 atom stereocenters. The van der Waals surface area contributed by atoms with E-state index >= 15 is 0 Å². The summed E-state index contributed by atoms with van der Waals surface area (Å²) in [5, 5.41) is 10.9. The Morgan fingerprint density at radius 3 is 2.21 bits per heavy atom. The van der Waals surface area contributed by atoms with Crippen molar-refractivity contribution >= 4 is 5.69 Å². The first kappa shape index (κ1) is 16.7. The van der Waals surface area contributed by atoms with Gasteiger partial charge in [0, 0.05) is 12.1 Å². The average Bonchev–Trinajstić information content (AvgIpc) is 2.62. The van der Waals surface area contributed by atoms with Gasteiger partial charge in [-0.2, -0.15) is 0 Å². The second-order valence-corrected chi connectivity index (χ2v) is 7.43. The van der Waals surface area contributed by atoms with Crippen LogP contribution >= 0.6 is 0 Å². The molecule has 0 amide bonds. The fraction of sp³-hybridized carbons (Fsp3) is 0.429. The lowest BCUT2D eigenvalue weighted by Crippen LogP contribution is -2.35. The second-order valence-electron chi connectivity index (χ2n) is 7.43. The van der Waals surface area contributed by atoms with Gasteiger partial charge in [0.2, 0.25) is 0 Å². The van der Waals surface area contributed by atoms with Crippen molar-refractivity contribution in [3.63, 3.8) is 0 Å². The van der Waals surface area contributed by atoms with Crippen molar-refractivity contribution in [3.05, 3.63) is 75.8 Å². The summed E-state index contributed by atoms with van der Waals surface area (Å²) in [7, 11) is 0. The van der Waals surface area contributed by atoms with E-state index in [-0.39, 0.29) is 16.0 Å². The van der Waals surface area contributed by atoms with Gasteiger partial charge in [-0.25, -0.2) is 0 Å². The van der Waals surface area contributed by atoms with Crippen LogP contribution in [0, 0.1) is 16.0 Å². The zero-order chi connectivity index (χ0) is 17.2. The largest absolute Gasteiger partial charge is 0.269 e. The molecule has 0 heterocycles. The fourth-order valence-corrected chi connectivity index (χ4v) is 4.32. The summed E-state index contributed by atoms with van der Waals surface area (Å²) >= 11 is 0. The van der Waals surface area contributed by atoms with Crippen molar-refractivity contribution in [3.8, 4) is 0 Å². The Morgan fingerprint density at radius 2 is 1.58 bits per heavy atom. The zero-order valence-electron chi connectivity index (χ0n) is 14.4. The Hall–Kier alpha value is -2.16. The SMILES string of the molecule is CC(C)(c1ccc([N+](=O)[O-])cc1)C1CCCCC1c1ccccc1. The van der Waals surface area contributed by atoms with Crippen LogP contribution in [0.4, 0.5) is 5.69 Å². The molecule has 3 heteroatoms. The third-order valence-electron chi connectivity index (χ3n) is 5.74. The molecule has 0 aliphatic heterocycles. The normalized spacial score (nSPS) is 21.4. The molecule has 0 saturated heterocycles. The number of nitro groups is 1. The molecule has 0 radical (unpaired) electrons. The summed E-state index contributed by atoms with van der Waals surface area (Å²) in [6.45, 7) is 4.58. The minimum absolute atomic E-state index is 0.00391. The van der Waals surface area contributed by atoms with Gasteiger partial charge in [0.1, 0.15) is 0 Å². The van der Waals surface area contributed by atoms with Crippen LogP contribution in [0.3, 0.4) is 0 Å². The highest BCUT2D eigenvalue weighted by Crippen LogP contribution is 2.48. The lowest BCUT2D eigenvalue weighted by molar-refractivity contribution is -0.384. The zero-order valence-corrected chi connectivity index (χ0v) is 14.4. The molecule has 1 aliphatic rings. The van der Waals surface area contributed by atoms with Gasteiger partial charge in [-0.3, -0.25) is 10.1 Å². The van der Waals surface area contributed by atoms with Crippen molar-refractivity contribution in [2.24, 2.45) is 5.92 Å². The molecule has 2 aromatic rings. The summed E-state index contributed by atoms with van der Waals surface area (Å²) in [5.74, 6) is 1.11. The number of benzene rings is 2. The van der Waals surface area contributed by atoms with Crippen LogP contribution in [0.15, 0.2) is 54.6 Å². The topological polar surface area (TPSA) is 43.1 Å². The standard InChI is InChI=1S/C21H25NO2/c1-21(2,17-12-14-18(15-13-17)22(23)24)20-11-7-6-10-19(20)16-8-4-3-5-9-16/h3-5,8-9,12-15,19-20H,6-7,10-11H2,1-2H3. The van der Waals surface area contributed by atoms with E-state index in [9.17, 15) is 10.1 Å². The Morgan fingerprint density at radius 1 is 0.958 bits per heavy atom. The molecule has 0 bridgehead atoms. The lowest BCUT2D eigenvalue weighted by atomic mass is 9.61. The number of nitro benzene ring substituents is 1. The predicted molar refractivity (Wildman–Crippen MR) is 97.3 cm³/mol. The summed E-state index contributed by atoms with van der Waals surface area (Å²) in [5.41, 5.74) is 2.78. The molecule has 2 unspecified atom stereocenters. The first-order chi connectivity index (χ1) is 11.5. The van der Waals surface area contributed by atoms with E-state index in [1.165, 1.54) is 36.8 Å². The average molecular weight is 323 g/mol. The third kappa shape index (κ3) is 3.21. The second kappa shape index (κ2) is 6.76. The van der Waals surface area contributed by atoms with Gasteiger partial charge in [-0.15, -0.1) is 0 Å². The molecule has 3 rings (SSSR count). The fourth-order valence-electron chi connectivity index (χ4n) is 4.32. The smallest absolute Gasteiger partial charge is 0.258 e. The van der Waals surface area contributed by atoms with Gasteiger partial charge in [0.05, 0.1) is 4.92 Å². The maximum absolute atomic E-state index is 10.9. The molecule has 0 aromatic heterocycles. The van der Waals surface area contributed by atoms with E-state index in [2.05, 4.69) is 44.2 Å². The molecule has 0 spiro atoms. The Labute approximate surface area is 143 Å².